The zero-order valence-electron chi connectivity index (χ0n) is 15.2. The zero-order valence-corrected chi connectivity index (χ0v) is 17.5. The molecule has 2 unspecified atom stereocenters. The fourth-order valence-electron chi connectivity index (χ4n) is 2.48. The van der Waals surface area contributed by atoms with Gasteiger partial charge in [0.25, 0.3) is 5.91 Å². The molecule has 0 radical (unpaired) electrons. The molecule has 25 heavy (non-hydrogen) atoms. The van der Waals surface area contributed by atoms with Gasteiger partial charge >= 0.3 is 0 Å². The average molecular weight is 460 g/mol. The van der Waals surface area contributed by atoms with Gasteiger partial charge in [-0.1, -0.05) is 19.1 Å². The Morgan fingerprint density at radius 1 is 1.44 bits per heavy atom. The molecule has 1 aliphatic heterocycles. The molecular formula is C18H29IN4O2. The largest absolute Gasteiger partial charge is 0.368 e. The van der Waals surface area contributed by atoms with Gasteiger partial charge in [-0.25, -0.2) is 0 Å². The van der Waals surface area contributed by atoms with Gasteiger partial charge in [0, 0.05) is 31.9 Å². The Balaban J connectivity index is 0.00000312. The Morgan fingerprint density at radius 3 is 2.88 bits per heavy atom. The summed E-state index contributed by atoms with van der Waals surface area (Å²) in [6, 6.07) is 8.19. The van der Waals surface area contributed by atoms with E-state index in [0.29, 0.717) is 19.2 Å². The van der Waals surface area contributed by atoms with Gasteiger partial charge in [-0.2, -0.15) is 0 Å². The number of rotatable bonds is 6. The molecule has 140 valence electrons. The normalized spacial score (nSPS) is 18.2. The summed E-state index contributed by atoms with van der Waals surface area (Å²) in [5, 5.41) is 9.54. The highest BCUT2D eigenvalue weighted by molar-refractivity contribution is 14.0. The summed E-state index contributed by atoms with van der Waals surface area (Å²) in [5.41, 5.74) is 1.87. The first kappa shape index (κ1) is 21.7. The summed E-state index contributed by atoms with van der Waals surface area (Å²) in [6.07, 6.45) is 2.46. The van der Waals surface area contributed by atoms with Crippen molar-refractivity contribution in [3.8, 4) is 0 Å². The summed E-state index contributed by atoms with van der Waals surface area (Å²) in [4.78, 5) is 16.3. The maximum Gasteiger partial charge on any atom is 0.253 e. The van der Waals surface area contributed by atoms with E-state index in [1.54, 1.807) is 7.05 Å². The molecule has 3 N–H and O–H groups in total. The number of amides is 1. The van der Waals surface area contributed by atoms with Crippen molar-refractivity contribution >= 4 is 41.5 Å². The maximum atomic E-state index is 12.1. The smallest absolute Gasteiger partial charge is 0.253 e. The Morgan fingerprint density at radius 2 is 2.24 bits per heavy atom. The van der Waals surface area contributed by atoms with E-state index in [1.165, 1.54) is 0 Å². The second kappa shape index (κ2) is 11.3. The summed E-state index contributed by atoms with van der Waals surface area (Å²) in [5.74, 6) is 0.713. The lowest BCUT2D eigenvalue weighted by molar-refractivity contribution is -0.124. The summed E-state index contributed by atoms with van der Waals surface area (Å²) in [7, 11) is 1.76. The predicted octanol–water partition coefficient (Wildman–Crippen LogP) is 2.89. The van der Waals surface area contributed by atoms with Crippen LogP contribution < -0.4 is 16.0 Å². The molecule has 2 atom stereocenters. The third-order valence-electron chi connectivity index (χ3n) is 4.10. The van der Waals surface area contributed by atoms with Crippen molar-refractivity contribution in [2.75, 3.05) is 19.0 Å². The van der Waals surface area contributed by atoms with Crippen LogP contribution in [-0.2, 0) is 16.1 Å². The van der Waals surface area contributed by atoms with Crippen LogP contribution in [0.4, 0.5) is 5.69 Å². The van der Waals surface area contributed by atoms with Gasteiger partial charge < -0.3 is 20.7 Å². The van der Waals surface area contributed by atoms with Gasteiger partial charge in [0.05, 0.1) is 0 Å². The number of anilines is 1. The van der Waals surface area contributed by atoms with Crippen LogP contribution in [0.3, 0.4) is 0 Å². The lowest BCUT2D eigenvalue weighted by Crippen LogP contribution is -2.41. The molecule has 6 nitrogen and oxygen atoms in total. The number of nitrogens with zero attached hydrogens (tertiary/aromatic N) is 1. The first-order chi connectivity index (χ1) is 11.6. The summed E-state index contributed by atoms with van der Waals surface area (Å²) < 4.78 is 5.41. The Bertz CT molecular complexity index is 574. The van der Waals surface area contributed by atoms with Gasteiger partial charge in [-0.3, -0.25) is 9.79 Å². The third-order valence-corrected chi connectivity index (χ3v) is 4.10. The molecule has 0 spiro atoms. The number of nitrogens with one attached hydrogen (secondary N) is 3. The minimum Gasteiger partial charge on any atom is -0.368 e. The average Bonchev–Trinajstić information content (AvgIpc) is 3.13. The van der Waals surface area contributed by atoms with E-state index < -0.39 is 0 Å². The van der Waals surface area contributed by atoms with Gasteiger partial charge in [-0.05, 0) is 43.9 Å². The number of halogens is 1. The number of hydrogen-bond donors (Lipinski definition) is 3. The number of carbonyl (C=O) groups is 1. The molecule has 2 rings (SSSR count). The van der Waals surface area contributed by atoms with E-state index in [-0.39, 0.29) is 36.0 Å². The summed E-state index contributed by atoms with van der Waals surface area (Å²) in [6.45, 7) is 5.56. The first-order valence-corrected chi connectivity index (χ1v) is 8.61. The van der Waals surface area contributed by atoms with Gasteiger partial charge in [0.15, 0.2) is 5.96 Å². The number of guanidine groups is 1. The van der Waals surface area contributed by atoms with Crippen LogP contribution in [0.15, 0.2) is 29.3 Å². The monoisotopic (exact) mass is 460 g/mol. The molecule has 0 saturated carbocycles. The number of benzene rings is 1. The van der Waals surface area contributed by atoms with E-state index in [9.17, 15) is 4.79 Å². The predicted molar refractivity (Wildman–Crippen MR) is 113 cm³/mol. The fraction of sp³-hybridized carbons (Fsp3) is 0.556. The lowest BCUT2D eigenvalue weighted by atomic mass is 10.2. The van der Waals surface area contributed by atoms with Gasteiger partial charge in [-0.15, -0.1) is 24.0 Å². The maximum absolute atomic E-state index is 12.1. The standard InChI is InChI=1S/C18H28N4O2.HI/c1-4-13(2)21-18(19-3)20-12-14-7-5-8-15(11-14)22-17(23)16-9-6-10-24-16;/h5,7-8,11,13,16H,4,6,9-10,12H2,1-3H3,(H,22,23)(H2,19,20,21);1H. The topological polar surface area (TPSA) is 74.8 Å². The number of carbonyl (C=O) groups excluding carboxylic acids is 1. The van der Waals surface area contributed by atoms with Crippen molar-refractivity contribution in [3.63, 3.8) is 0 Å². The Kier molecular flexibility index (Phi) is 9.81. The van der Waals surface area contributed by atoms with Crippen LogP contribution in [-0.4, -0.2) is 37.7 Å². The van der Waals surface area contributed by atoms with E-state index in [1.807, 2.05) is 24.3 Å². The minimum atomic E-state index is -0.315. The quantitative estimate of drug-likeness (QED) is 0.347. The van der Waals surface area contributed by atoms with Crippen molar-refractivity contribution in [2.24, 2.45) is 4.99 Å². The van der Waals surface area contributed by atoms with E-state index in [2.05, 4.69) is 34.8 Å². The number of ether oxygens (including phenoxy) is 1. The van der Waals surface area contributed by atoms with Crippen LogP contribution in [0.25, 0.3) is 0 Å². The van der Waals surface area contributed by atoms with Crippen molar-refractivity contribution in [2.45, 2.75) is 51.8 Å². The summed E-state index contributed by atoms with van der Waals surface area (Å²) >= 11 is 0. The Labute approximate surface area is 167 Å². The van der Waals surface area contributed by atoms with E-state index in [0.717, 1.165) is 36.5 Å². The number of aliphatic imine (C=N–C) groups is 1. The molecule has 0 aliphatic carbocycles. The lowest BCUT2D eigenvalue weighted by Gasteiger charge is -2.17. The third kappa shape index (κ3) is 7.19. The minimum absolute atomic E-state index is 0. The van der Waals surface area contributed by atoms with Crippen molar-refractivity contribution in [1.29, 1.82) is 0 Å². The highest BCUT2D eigenvalue weighted by Gasteiger charge is 2.23. The molecule has 0 aromatic heterocycles. The fourth-order valence-corrected chi connectivity index (χ4v) is 2.48. The number of hydrogen-bond acceptors (Lipinski definition) is 3. The molecule has 0 bridgehead atoms. The van der Waals surface area contributed by atoms with Crippen LogP contribution in [0, 0.1) is 0 Å². The van der Waals surface area contributed by atoms with Gasteiger partial charge in [0.2, 0.25) is 0 Å². The second-order valence-electron chi connectivity index (χ2n) is 6.07. The molecule has 1 aliphatic rings. The van der Waals surface area contributed by atoms with Crippen molar-refractivity contribution < 1.29 is 9.53 Å². The molecular weight excluding hydrogens is 431 g/mol. The van der Waals surface area contributed by atoms with Crippen molar-refractivity contribution in [3.05, 3.63) is 29.8 Å². The molecule has 1 aromatic rings. The Hall–Kier alpha value is -1.35. The van der Waals surface area contributed by atoms with Crippen LogP contribution in [0.1, 0.15) is 38.7 Å². The van der Waals surface area contributed by atoms with Crippen LogP contribution >= 0.6 is 24.0 Å². The van der Waals surface area contributed by atoms with E-state index in [4.69, 9.17) is 4.74 Å². The zero-order chi connectivity index (χ0) is 17.4. The molecule has 1 heterocycles. The van der Waals surface area contributed by atoms with E-state index >= 15 is 0 Å². The second-order valence-corrected chi connectivity index (χ2v) is 6.07. The highest BCUT2D eigenvalue weighted by Crippen LogP contribution is 2.16. The molecule has 7 heteroatoms. The first-order valence-electron chi connectivity index (χ1n) is 8.61. The SMILES string of the molecule is CCC(C)NC(=NC)NCc1cccc(NC(=O)C2CCCO2)c1.I. The van der Waals surface area contributed by atoms with Gasteiger partial charge in [0.1, 0.15) is 6.10 Å². The van der Waals surface area contributed by atoms with Crippen LogP contribution in [0.5, 0.6) is 0 Å². The van der Waals surface area contributed by atoms with Crippen LogP contribution in [0.2, 0.25) is 0 Å². The highest BCUT2D eigenvalue weighted by atomic mass is 127. The molecule has 1 saturated heterocycles. The molecule has 1 amide bonds. The van der Waals surface area contributed by atoms with Crippen molar-refractivity contribution in [1.82, 2.24) is 10.6 Å². The molecule has 1 aromatic carbocycles. The molecule has 1 fully saturated rings.